The fourth-order valence-electron chi connectivity index (χ4n) is 12.5. The number of aliphatic carboxylic acids is 2. The molecule has 0 aromatic heterocycles. The highest BCUT2D eigenvalue weighted by atomic mass is 16.4. The van der Waals surface area contributed by atoms with Crippen LogP contribution in [-0.2, 0) is 86.3 Å². The van der Waals surface area contributed by atoms with Crippen molar-refractivity contribution in [1.82, 2.24) is 169 Å². The van der Waals surface area contributed by atoms with Gasteiger partial charge in [-0.25, -0.2) is 0 Å². The lowest BCUT2D eigenvalue weighted by Gasteiger charge is -2.35. The summed E-state index contributed by atoms with van der Waals surface area (Å²) in [6, 6.07) is -7.10. The summed E-state index contributed by atoms with van der Waals surface area (Å²) in [7, 11) is 3.87. The van der Waals surface area contributed by atoms with Crippen molar-refractivity contribution in [2.75, 3.05) is 302 Å². The first-order chi connectivity index (χ1) is 64.9. The van der Waals surface area contributed by atoms with Crippen molar-refractivity contribution in [3.8, 4) is 0 Å². The number of nitrogens with zero attached hydrogens (tertiary/aromatic N) is 2. The Bertz CT molecular complexity index is 3270. The lowest BCUT2D eigenvalue weighted by atomic mass is 10.0. The van der Waals surface area contributed by atoms with Gasteiger partial charge in [-0.05, 0) is 65.5 Å². The zero-order valence-corrected chi connectivity index (χ0v) is 77.9. The predicted octanol–water partition coefficient (Wildman–Crippen LogP) is -16.4. The molecule has 0 aliphatic carbocycles. The van der Waals surface area contributed by atoms with Crippen LogP contribution in [0.4, 0.5) is 0 Å². The number of rotatable bonds is 91. The van der Waals surface area contributed by atoms with Crippen LogP contribution in [0.25, 0.3) is 0 Å². The molecule has 0 bridgehead atoms. The maximum atomic E-state index is 14.4. The lowest BCUT2D eigenvalue weighted by molar-refractivity contribution is -0.156. The van der Waals surface area contributed by atoms with E-state index >= 15 is 0 Å². The molecular formula is C82H154N32O20. The van der Waals surface area contributed by atoms with Gasteiger partial charge in [0.05, 0.1) is 39.3 Å². The summed E-state index contributed by atoms with van der Waals surface area (Å²) in [6.45, 7) is 22.2. The van der Waals surface area contributed by atoms with E-state index in [9.17, 15) is 86.3 Å². The second-order valence-electron chi connectivity index (χ2n) is 30.8. The van der Waals surface area contributed by atoms with Gasteiger partial charge in [-0.2, -0.15) is 0 Å². The molecule has 4 atom stereocenters. The fourth-order valence-corrected chi connectivity index (χ4v) is 12.5. The summed E-state index contributed by atoms with van der Waals surface area (Å²) < 4.78 is 0. The molecule has 0 saturated carbocycles. The minimum Gasteiger partial charge on any atom is -0.480 e. The van der Waals surface area contributed by atoms with Gasteiger partial charge >= 0.3 is 11.9 Å². The number of carbonyl (C=O) groups excluding carboxylic acids is 16. The normalized spacial score (nSPS) is 13.1. The minimum absolute atomic E-state index is 0.0226. The van der Waals surface area contributed by atoms with Crippen molar-refractivity contribution in [3.05, 3.63) is 24.3 Å². The smallest absolute Gasteiger partial charge is 0.322 e. The monoisotopic (exact) mass is 1910 g/mol. The number of hydrogen-bond donors (Lipinski definition) is 32. The van der Waals surface area contributed by atoms with E-state index in [-0.39, 0.29) is 76.5 Å². The molecule has 2 heterocycles. The van der Waals surface area contributed by atoms with Crippen molar-refractivity contribution < 1.29 is 96.5 Å². The molecule has 2 aliphatic heterocycles. The Labute approximate surface area is 783 Å². The van der Waals surface area contributed by atoms with Crippen LogP contribution in [0.2, 0.25) is 0 Å². The number of imide groups is 2. The zero-order chi connectivity index (χ0) is 98.1. The maximum Gasteiger partial charge on any atom is 0.322 e. The molecule has 0 aromatic carbocycles. The van der Waals surface area contributed by atoms with E-state index in [1.807, 2.05) is 14.1 Å². The molecule has 762 valence electrons. The van der Waals surface area contributed by atoms with E-state index in [2.05, 4.69) is 160 Å². The van der Waals surface area contributed by atoms with E-state index in [4.69, 9.17) is 10.2 Å². The van der Waals surface area contributed by atoms with Crippen LogP contribution < -0.4 is 160 Å². The van der Waals surface area contributed by atoms with Gasteiger partial charge in [0.1, 0.15) is 37.3 Å². The Morgan fingerprint density at radius 3 is 0.694 bits per heavy atom. The second-order valence-corrected chi connectivity index (χ2v) is 30.8. The third-order valence-corrected chi connectivity index (χ3v) is 19.6. The molecule has 0 radical (unpaired) electrons. The van der Waals surface area contributed by atoms with E-state index in [1.165, 1.54) is 0 Å². The Balaban J connectivity index is 1.95. The topological polar surface area (TPSA) is 715 Å². The first kappa shape index (κ1) is 120. The number of amides is 16. The Hall–Kier alpha value is -10.4. The number of carboxylic acid groups (broad SMARTS) is 2. The Morgan fingerprint density at radius 1 is 0.231 bits per heavy atom. The minimum atomic E-state index is -2.25. The van der Waals surface area contributed by atoms with Gasteiger partial charge in [0.2, 0.25) is 70.9 Å². The number of carboxylic acids is 2. The average Bonchev–Trinajstić information content (AvgIpc) is 1.75. The fraction of sp³-hybridized carbons (Fsp3) is 0.732. The molecule has 0 fully saturated rings. The quantitative estimate of drug-likeness (QED) is 0.0199. The Kier molecular flexibility index (Phi) is 72.4. The molecule has 0 spiro atoms. The van der Waals surface area contributed by atoms with Crippen molar-refractivity contribution in [2.45, 2.75) is 88.4 Å². The molecule has 32 N–H and O–H groups in total. The van der Waals surface area contributed by atoms with E-state index < -0.39 is 184 Å². The van der Waals surface area contributed by atoms with Gasteiger partial charge in [0, 0.05) is 273 Å². The van der Waals surface area contributed by atoms with Gasteiger partial charge in [-0.3, -0.25) is 96.1 Å². The number of carbonyl (C=O) groups is 18. The van der Waals surface area contributed by atoms with Crippen LogP contribution >= 0.6 is 0 Å². The maximum absolute atomic E-state index is 14.4. The SMILES string of the molecule is CNCCNCCNCCNCCNCCNCCNCCNCCNCC(=O)NCCCC[C@H](NC(=O)CCCNC(=O)[C@H]([C@H](C(=O)NCCCC(=O)N[C@@H](CCCCNC(=O)CNCCNCCNCCNCCNCCNCCNCCNCCNC)C(=O)NCC(=O)NCC(=O)NCC(=O)O)N1C(=O)C=CC1=O)N1C(=O)C=CC1=O)C(=O)NCC(=O)NCC(=O)NCC(=O)O. The van der Waals surface area contributed by atoms with E-state index in [1.54, 1.807) is 0 Å². The van der Waals surface area contributed by atoms with Crippen LogP contribution in [0.5, 0.6) is 0 Å². The first-order valence-electron chi connectivity index (χ1n) is 46.3. The summed E-state index contributed by atoms with van der Waals surface area (Å²) in [5, 5.41) is 106. The van der Waals surface area contributed by atoms with Crippen LogP contribution in [0.3, 0.4) is 0 Å². The molecule has 0 unspecified atom stereocenters. The van der Waals surface area contributed by atoms with Crippen LogP contribution in [0, 0.1) is 0 Å². The molecular weight excluding hydrogens is 1750 g/mol. The average molecular weight is 1910 g/mol. The lowest BCUT2D eigenvalue weighted by Crippen LogP contribution is -2.66. The first-order valence-corrected chi connectivity index (χ1v) is 46.3. The van der Waals surface area contributed by atoms with Gasteiger partial charge in [0.15, 0.2) is 0 Å². The van der Waals surface area contributed by atoms with Crippen molar-refractivity contribution in [3.63, 3.8) is 0 Å². The van der Waals surface area contributed by atoms with Crippen molar-refractivity contribution in [2.24, 2.45) is 0 Å². The highest BCUT2D eigenvalue weighted by molar-refractivity contribution is 6.19. The van der Waals surface area contributed by atoms with E-state index in [0.717, 1.165) is 208 Å². The van der Waals surface area contributed by atoms with Crippen LogP contribution in [-0.4, -0.2) is 453 Å². The summed E-state index contributed by atoms with van der Waals surface area (Å²) >= 11 is 0. The van der Waals surface area contributed by atoms with Gasteiger partial charge < -0.3 is 170 Å². The third-order valence-electron chi connectivity index (χ3n) is 19.6. The molecule has 0 aromatic rings. The summed E-state index contributed by atoms with van der Waals surface area (Å²) in [4.78, 5) is 234. The summed E-state index contributed by atoms with van der Waals surface area (Å²) in [6.07, 6.45) is 2.97. The van der Waals surface area contributed by atoms with Gasteiger partial charge in [-0.15, -0.1) is 0 Å². The molecule has 52 nitrogen and oxygen atoms in total. The zero-order valence-electron chi connectivity index (χ0n) is 77.9. The van der Waals surface area contributed by atoms with Crippen LogP contribution in [0.1, 0.15) is 64.2 Å². The number of hydrogen-bond acceptors (Lipinski definition) is 36. The number of unbranched alkanes of at least 4 members (excludes halogenated alkanes) is 2. The molecule has 134 heavy (non-hydrogen) atoms. The highest BCUT2D eigenvalue weighted by Gasteiger charge is 2.50. The summed E-state index contributed by atoms with van der Waals surface area (Å²) in [5.41, 5.74) is 0. The highest BCUT2D eigenvalue weighted by Crippen LogP contribution is 2.21. The molecule has 52 heteroatoms. The number of nitrogens with one attached hydrogen (secondary N) is 30. The standard InChI is InChI=1S/C82H154N32O20/c1-83-21-23-85-25-27-87-29-31-89-33-35-91-37-39-93-41-43-95-45-47-97-49-51-99-53-65(117)101-17-5-3-9-61(79(131)109-57-69(121)105-55-67(119)107-59-75(127)128)111-63(115)11-7-19-103-81(133)77(113-71(123)13-14-72(113)124)78(114-73(125)15-16-74(114)126)82(134)104-20-8-12-64(116)112-62(80(132)110-58-70(122)106-56-68(120)108-60-76(129)130)10-4-6-18-102-66(118)54-100-52-50-98-48-46-96-44-42-94-40-38-92-36-34-90-32-30-88-28-26-86-24-22-84-2/h13-16,61-62,77-78,83-100H,3-12,17-60H2,1-2H3,(H,101,117)(H,102,118)(H,103,133)(H,104,134)(H,105,121)(H,106,122)(H,107,119)(H,108,120)(H,109,131)(H,110,132)(H,111,115)(H,112,116)(H,127,128)(H,129,130)/t61-,62-,77-,78+/m0/s1. The third kappa shape index (κ3) is 64.5. The predicted molar refractivity (Wildman–Crippen MR) is 499 cm³/mol. The van der Waals surface area contributed by atoms with Gasteiger partial charge in [0.25, 0.3) is 23.6 Å². The molecule has 2 aliphatic rings. The van der Waals surface area contributed by atoms with Crippen molar-refractivity contribution >= 4 is 106 Å². The van der Waals surface area contributed by atoms with Crippen molar-refractivity contribution in [1.29, 1.82) is 0 Å². The largest absolute Gasteiger partial charge is 0.480 e. The molecule has 0 saturated heterocycles. The molecule has 2 rings (SSSR count). The van der Waals surface area contributed by atoms with Gasteiger partial charge in [-0.1, -0.05) is 0 Å². The van der Waals surface area contributed by atoms with Crippen LogP contribution in [0.15, 0.2) is 24.3 Å². The second kappa shape index (κ2) is 81.0. The molecule has 16 amide bonds. The van der Waals surface area contributed by atoms with E-state index in [0.29, 0.717) is 48.8 Å². The Morgan fingerprint density at radius 2 is 0.448 bits per heavy atom. The number of likely N-dealkylation sites (N-methyl/N-ethyl adjacent to an activating group) is 2. The summed E-state index contributed by atoms with van der Waals surface area (Å²) in [5.74, 6) is -16.8.